The summed E-state index contributed by atoms with van der Waals surface area (Å²) in [6, 6.07) is 23.5. The van der Waals surface area contributed by atoms with Gasteiger partial charge in [0.1, 0.15) is 0 Å². The highest BCUT2D eigenvalue weighted by molar-refractivity contribution is 9.10. The minimum atomic E-state index is -0.359. The molecule has 0 fully saturated rings. The van der Waals surface area contributed by atoms with E-state index in [9.17, 15) is 4.79 Å². The first kappa shape index (κ1) is 14.2. The zero-order valence-corrected chi connectivity index (χ0v) is 13.8. The van der Waals surface area contributed by atoms with Crippen LogP contribution < -0.4 is 0 Å². The molecular formula is C20H13BrO2. The van der Waals surface area contributed by atoms with E-state index in [1.54, 1.807) is 6.07 Å². The highest BCUT2D eigenvalue weighted by Crippen LogP contribution is 2.45. The quantitative estimate of drug-likeness (QED) is 0.571. The van der Waals surface area contributed by atoms with Crippen molar-refractivity contribution in [3.8, 4) is 11.1 Å². The Kier molecular flexibility index (Phi) is 3.50. The number of carbonyl (C=O) groups excluding carboxylic acids is 1. The summed E-state index contributed by atoms with van der Waals surface area (Å²) < 4.78 is 6.60. The normalized spacial score (nSPS) is 12.6. The molecule has 0 heterocycles. The molecule has 3 heteroatoms. The zero-order chi connectivity index (χ0) is 15.8. The summed E-state index contributed by atoms with van der Waals surface area (Å²) in [5.41, 5.74) is 4.87. The van der Waals surface area contributed by atoms with E-state index in [4.69, 9.17) is 4.74 Å². The predicted octanol–water partition coefficient (Wildman–Crippen LogP) is 5.38. The molecule has 0 spiro atoms. The van der Waals surface area contributed by atoms with Crippen LogP contribution in [0.3, 0.4) is 0 Å². The first-order valence-corrected chi connectivity index (χ1v) is 8.19. The second kappa shape index (κ2) is 5.67. The fraction of sp³-hybridized carbons (Fsp3) is 0.0500. The fourth-order valence-corrected chi connectivity index (χ4v) is 3.48. The van der Waals surface area contributed by atoms with Gasteiger partial charge in [0.25, 0.3) is 0 Å². The van der Waals surface area contributed by atoms with Crippen LogP contribution in [0, 0.1) is 0 Å². The maximum Gasteiger partial charge on any atom is 0.340 e. The van der Waals surface area contributed by atoms with Gasteiger partial charge in [-0.3, -0.25) is 0 Å². The van der Waals surface area contributed by atoms with Crippen LogP contribution in [-0.4, -0.2) is 5.97 Å². The minimum Gasteiger partial charge on any atom is -0.449 e. The Morgan fingerprint density at radius 1 is 0.783 bits per heavy atom. The Morgan fingerprint density at radius 3 is 1.91 bits per heavy atom. The number of rotatable bonds is 2. The summed E-state index contributed by atoms with van der Waals surface area (Å²) in [6.45, 7) is 0. The van der Waals surface area contributed by atoms with Gasteiger partial charge in [0.15, 0.2) is 6.10 Å². The van der Waals surface area contributed by atoms with Crippen molar-refractivity contribution in [3.63, 3.8) is 0 Å². The molecule has 0 unspecified atom stereocenters. The average molecular weight is 365 g/mol. The van der Waals surface area contributed by atoms with Gasteiger partial charge in [-0.15, -0.1) is 0 Å². The van der Waals surface area contributed by atoms with Gasteiger partial charge in [0, 0.05) is 15.6 Å². The first-order valence-electron chi connectivity index (χ1n) is 7.39. The smallest absolute Gasteiger partial charge is 0.340 e. The average Bonchev–Trinajstić information content (AvgIpc) is 2.90. The predicted molar refractivity (Wildman–Crippen MR) is 93.3 cm³/mol. The van der Waals surface area contributed by atoms with Crippen LogP contribution in [0.4, 0.5) is 0 Å². The number of esters is 1. The number of hydrogen-bond acceptors (Lipinski definition) is 2. The van der Waals surface area contributed by atoms with Gasteiger partial charge < -0.3 is 4.74 Å². The van der Waals surface area contributed by atoms with E-state index in [1.165, 1.54) is 0 Å². The molecule has 0 atom stereocenters. The van der Waals surface area contributed by atoms with Crippen LogP contribution in [-0.2, 0) is 4.74 Å². The maximum absolute atomic E-state index is 12.6. The molecule has 0 amide bonds. The lowest BCUT2D eigenvalue weighted by atomic mass is 10.1. The summed E-state index contributed by atoms with van der Waals surface area (Å²) in [7, 11) is 0. The molecule has 0 N–H and O–H groups in total. The summed E-state index contributed by atoms with van der Waals surface area (Å²) >= 11 is 3.41. The highest BCUT2D eigenvalue weighted by Gasteiger charge is 2.31. The van der Waals surface area contributed by atoms with Gasteiger partial charge in [-0.2, -0.15) is 0 Å². The van der Waals surface area contributed by atoms with Gasteiger partial charge >= 0.3 is 5.97 Å². The lowest BCUT2D eigenvalue weighted by Gasteiger charge is -2.15. The molecule has 1 aliphatic carbocycles. The van der Waals surface area contributed by atoms with Gasteiger partial charge in [0.2, 0.25) is 0 Å². The van der Waals surface area contributed by atoms with Crippen LogP contribution in [0.15, 0.2) is 77.3 Å². The second-order valence-electron chi connectivity index (χ2n) is 5.44. The number of fused-ring (bicyclic) bond motifs is 3. The highest BCUT2D eigenvalue weighted by atomic mass is 79.9. The number of carbonyl (C=O) groups is 1. The Morgan fingerprint density at radius 2 is 1.30 bits per heavy atom. The molecule has 0 radical (unpaired) electrons. The molecule has 0 aromatic heterocycles. The minimum absolute atomic E-state index is 0.325. The Hall–Kier alpha value is -2.39. The molecule has 2 nitrogen and oxygen atoms in total. The van der Waals surface area contributed by atoms with E-state index < -0.39 is 0 Å². The Bertz CT molecular complexity index is 856. The molecule has 112 valence electrons. The molecule has 0 aliphatic heterocycles. The molecular weight excluding hydrogens is 352 g/mol. The van der Waals surface area contributed by atoms with E-state index in [2.05, 4.69) is 28.1 Å². The van der Waals surface area contributed by atoms with Gasteiger partial charge in [0.05, 0.1) is 5.56 Å². The van der Waals surface area contributed by atoms with Crippen molar-refractivity contribution in [1.29, 1.82) is 0 Å². The number of halogens is 1. The van der Waals surface area contributed by atoms with Gasteiger partial charge in [-0.1, -0.05) is 60.7 Å². The lowest BCUT2D eigenvalue weighted by molar-refractivity contribution is 0.0384. The van der Waals surface area contributed by atoms with Crippen LogP contribution in [0.1, 0.15) is 27.6 Å². The third-order valence-corrected chi connectivity index (χ3v) is 4.79. The topological polar surface area (TPSA) is 26.3 Å². The van der Waals surface area contributed by atoms with Crippen LogP contribution in [0.2, 0.25) is 0 Å². The van der Waals surface area contributed by atoms with Crippen molar-refractivity contribution in [2.24, 2.45) is 0 Å². The van der Waals surface area contributed by atoms with Crippen LogP contribution in [0.5, 0.6) is 0 Å². The second-order valence-corrected chi connectivity index (χ2v) is 6.29. The van der Waals surface area contributed by atoms with Crippen molar-refractivity contribution in [2.45, 2.75) is 6.10 Å². The molecule has 4 rings (SSSR count). The van der Waals surface area contributed by atoms with E-state index in [-0.39, 0.29) is 12.1 Å². The van der Waals surface area contributed by atoms with Gasteiger partial charge in [-0.25, -0.2) is 4.79 Å². The van der Waals surface area contributed by atoms with Crippen molar-refractivity contribution in [1.82, 2.24) is 0 Å². The maximum atomic E-state index is 12.6. The third-order valence-electron chi connectivity index (χ3n) is 4.10. The van der Waals surface area contributed by atoms with E-state index in [0.29, 0.717) is 5.56 Å². The number of benzene rings is 3. The molecule has 3 aromatic rings. The van der Waals surface area contributed by atoms with E-state index >= 15 is 0 Å². The van der Waals surface area contributed by atoms with Crippen molar-refractivity contribution >= 4 is 21.9 Å². The largest absolute Gasteiger partial charge is 0.449 e. The van der Waals surface area contributed by atoms with E-state index in [1.807, 2.05) is 54.6 Å². The Labute approximate surface area is 142 Å². The third kappa shape index (κ3) is 2.37. The van der Waals surface area contributed by atoms with Crippen LogP contribution >= 0.6 is 15.9 Å². The monoisotopic (exact) mass is 364 g/mol. The zero-order valence-electron chi connectivity index (χ0n) is 12.2. The fourth-order valence-electron chi connectivity index (χ4n) is 3.03. The molecule has 0 bridgehead atoms. The van der Waals surface area contributed by atoms with Crippen molar-refractivity contribution in [2.75, 3.05) is 0 Å². The van der Waals surface area contributed by atoms with Gasteiger partial charge in [-0.05, 0) is 39.2 Å². The van der Waals surface area contributed by atoms with E-state index in [0.717, 1.165) is 26.7 Å². The first-order chi connectivity index (χ1) is 11.3. The molecule has 0 saturated carbocycles. The summed E-state index contributed by atoms with van der Waals surface area (Å²) in [4.78, 5) is 12.6. The number of ether oxygens (including phenoxy) is 1. The summed E-state index contributed by atoms with van der Waals surface area (Å²) in [6.07, 6.45) is -0.359. The molecule has 3 aromatic carbocycles. The van der Waals surface area contributed by atoms with Crippen molar-refractivity contribution in [3.05, 3.63) is 94.0 Å². The summed E-state index contributed by atoms with van der Waals surface area (Å²) in [5, 5.41) is 0. The van der Waals surface area contributed by atoms with Crippen molar-refractivity contribution < 1.29 is 9.53 Å². The molecule has 0 saturated heterocycles. The number of hydrogen-bond donors (Lipinski definition) is 0. The van der Waals surface area contributed by atoms with Crippen LogP contribution in [0.25, 0.3) is 11.1 Å². The Balaban J connectivity index is 1.75. The molecule has 1 aliphatic rings. The SMILES string of the molecule is O=C(OC1c2ccccc2-c2ccccc21)c1ccccc1Br. The summed E-state index contributed by atoms with van der Waals surface area (Å²) in [5.74, 6) is -0.325. The molecule has 23 heavy (non-hydrogen) atoms. The standard InChI is InChI=1S/C20H13BrO2/c21-18-12-6-5-11-17(18)20(22)23-19-15-9-3-1-7-13(15)14-8-2-4-10-16(14)19/h1-12,19H. The lowest BCUT2D eigenvalue weighted by Crippen LogP contribution is -2.11.